The first-order chi connectivity index (χ1) is 15.7. The molecule has 0 heterocycles. The number of hydrogen-bond donors (Lipinski definition) is 0. The topological polar surface area (TPSA) is 0 Å². The van der Waals surface area contributed by atoms with Crippen LogP contribution in [0.5, 0.6) is 0 Å². The first-order valence-corrected chi connectivity index (χ1v) is 18.4. The summed E-state index contributed by atoms with van der Waals surface area (Å²) in [6, 6.07) is 18.7. The van der Waals surface area contributed by atoms with Crippen molar-refractivity contribution in [2.75, 3.05) is 0 Å². The van der Waals surface area contributed by atoms with Gasteiger partial charge in [-0.3, -0.25) is 0 Å². The Bertz CT molecular complexity index is 947. The molecular formula is C30H40P2Zr. The molecule has 3 heteroatoms. The normalized spacial score (nSPS) is 19.7. The Kier molecular flexibility index (Phi) is 8.38. The zero-order valence-electron chi connectivity index (χ0n) is 21.6. The van der Waals surface area contributed by atoms with Crippen LogP contribution >= 0.6 is 15.8 Å². The molecule has 2 aromatic carbocycles. The molecule has 0 aromatic heterocycles. The summed E-state index contributed by atoms with van der Waals surface area (Å²) < 4.78 is 1.44. The molecule has 0 N–H and O–H groups in total. The van der Waals surface area contributed by atoms with Crippen molar-refractivity contribution in [2.45, 2.75) is 85.3 Å². The minimum absolute atomic E-state index is 0.118. The van der Waals surface area contributed by atoms with Crippen molar-refractivity contribution >= 4 is 28.0 Å². The van der Waals surface area contributed by atoms with Crippen molar-refractivity contribution in [1.82, 2.24) is 0 Å². The molecule has 2 aliphatic rings. The second-order valence-electron chi connectivity index (χ2n) is 10.6. The molecule has 33 heavy (non-hydrogen) atoms. The molecule has 0 nitrogen and oxygen atoms in total. The van der Waals surface area contributed by atoms with E-state index in [4.69, 9.17) is 0 Å². The number of allylic oxidation sites excluding steroid dienone is 2. The Hall–Kier alpha value is -0.337. The standard InChI is InChI=1S/2C15H20P.Zr/c2*1-11(2)16(12(3)4)15-9-13-7-5-6-8-14(13)10-15;/h2*5-12H,1-4H3;. The van der Waals surface area contributed by atoms with Gasteiger partial charge in [-0.05, 0) is 0 Å². The third-order valence-corrected chi connectivity index (χ3v) is 19.3. The van der Waals surface area contributed by atoms with Crippen LogP contribution in [0.15, 0.2) is 59.2 Å². The van der Waals surface area contributed by atoms with Crippen LogP contribution in [-0.4, -0.2) is 22.6 Å². The van der Waals surface area contributed by atoms with Crippen LogP contribution in [0, 0.1) is 0 Å². The molecule has 0 amide bonds. The van der Waals surface area contributed by atoms with Crippen molar-refractivity contribution in [3.8, 4) is 0 Å². The Labute approximate surface area is 216 Å². The first kappa shape index (κ1) is 25.7. The Morgan fingerprint density at radius 2 is 0.879 bits per heavy atom. The molecule has 2 atom stereocenters. The molecule has 0 saturated carbocycles. The van der Waals surface area contributed by atoms with Crippen LogP contribution in [0.3, 0.4) is 0 Å². The minimum atomic E-state index is -0.844. The SMILES string of the molecule is CC(C)P(C1=Cc2ccccc2[CH]1[Zr][CH]1C(P(C(C)C)C(C)C)=Cc2ccccc21)C(C)C. The van der Waals surface area contributed by atoms with Crippen molar-refractivity contribution in [2.24, 2.45) is 0 Å². The Morgan fingerprint density at radius 3 is 1.21 bits per heavy atom. The molecule has 174 valence electrons. The van der Waals surface area contributed by atoms with Gasteiger partial charge in [-0.15, -0.1) is 0 Å². The van der Waals surface area contributed by atoms with Crippen LogP contribution in [0.25, 0.3) is 12.2 Å². The van der Waals surface area contributed by atoms with Crippen molar-refractivity contribution < 1.29 is 23.2 Å². The fourth-order valence-electron chi connectivity index (χ4n) is 5.96. The van der Waals surface area contributed by atoms with Crippen LogP contribution in [0.1, 0.15) is 84.9 Å². The fraction of sp³-hybridized carbons (Fsp3) is 0.467. The number of hydrogen-bond acceptors (Lipinski definition) is 0. The molecule has 0 bridgehead atoms. The van der Waals surface area contributed by atoms with Gasteiger partial charge in [0.05, 0.1) is 0 Å². The summed E-state index contributed by atoms with van der Waals surface area (Å²) in [5.74, 6) is 0. The van der Waals surface area contributed by atoms with Crippen molar-refractivity contribution in [1.29, 1.82) is 0 Å². The van der Waals surface area contributed by atoms with Gasteiger partial charge in [0.15, 0.2) is 0 Å². The van der Waals surface area contributed by atoms with Crippen LogP contribution in [0.4, 0.5) is 0 Å². The summed E-state index contributed by atoms with van der Waals surface area (Å²) in [5, 5.41) is 3.65. The molecule has 2 unspecified atom stereocenters. The van der Waals surface area contributed by atoms with E-state index in [1.165, 1.54) is 11.1 Å². The van der Waals surface area contributed by atoms with E-state index in [1.807, 2.05) is 10.6 Å². The molecule has 2 aliphatic carbocycles. The van der Waals surface area contributed by atoms with E-state index in [-0.39, 0.29) is 15.8 Å². The predicted molar refractivity (Wildman–Crippen MR) is 149 cm³/mol. The molecule has 0 fully saturated rings. The van der Waals surface area contributed by atoms with Crippen LogP contribution in [-0.2, 0) is 23.2 Å². The summed E-state index contributed by atoms with van der Waals surface area (Å²) in [6.07, 6.45) is 5.26. The molecule has 4 rings (SSSR count). The van der Waals surface area contributed by atoms with Crippen LogP contribution < -0.4 is 0 Å². The first-order valence-electron chi connectivity index (χ1n) is 12.6. The van der Waals surface area contributed by atoms with Gasteiger partial charge in [-0.2, -0.15) is 0 Å². The summed E-state index contributed by atoms with van der Waals surface area (Å²) in [5.41, 5.74) is 9.31. The van der Waals surface area contributed by atoms with Gasteiger partial charge in [-0.25, -0.2) is 0 Å². The number of benzene rings is 2. The van der Waals surface area contributed by atoms with Gasteiger partial charge in [0.1, 0.15) is 0 Å². The van der Waals surface area contributed by atoms with E-state index in [2.05, 4.69) is 116 Å². The molecule has 0 spiro atoms. The van der Waals surface area contributed by atoms with Gasteiger partial charge < -0.3 is 0 Å². The van der Waals surface area contributed by atoms with E-state index in [0.717, 1.165) is 29.9 Å². The summed E-state index contributed by atoms with van der Waals surface area (Å²) >= 11 is -0.844. The van der Waals surface area contributed by atoms with Gasteiger partial charge in [0, 0.05) is 0 Å². The zero-order valence-corrected chi connectivity index (χ0v) is 25.9. The quantitative estimate of drug-likeness (QED) is 0.285. The summed E-state index contributed by atoms with van der Waals surface area (Å²) in [7, 11) is -0.236. The summed E-state index contributed by atoms with van der Waals surface area (Å²) in [6.45, 7) is 19.7. The molecular weight excluding hydrogens is 514 g/mol. The number of fused-ring (bicyclic) bond motifs is 2. The van der Waals surface area contributed by atoms with E-state index in [1.54, 1.807) is 11.1 Å². The maximum absolute atomic E-state index is 2.63. The third-order valence-electron chi connectivity index (χ3n) is 6.97. The second-order valence-corrected chi connectivity index (χ2v) is 21.1. The zero-order chi connectivity index (χ0) is 23.9. The van der Waals surface area contributed by atoms with E-state index in [9.17, 15) is 0 Å². The summed E-state index contributed by atoms with van der Waals surface area (Å²) in [4.78, 5) is 0. The molecule has 0 aliphatic heterocycles. The third kappa shape index (κ3) is 5.13. The number of rotatable bonds is 8. The monoisotopic (exact) mass is 552 g/mol. The molecule has 0 radical (unpaired) electrons. The van der Waals surface area contributed by atoms with Gasteiger partial charge in [0.2, 0.25) is 0 Å². The van der Waals surface area contributed by atoms with Gasteiger partial charge in [0.25, 0.3) is 0 Å². The average Bonchev–Trinajstić information content (AvgIpc) is 3.26. The van der Waals surface area contributed by atoms with E-state index >= 15 is 0 Å². The Morgan fingerprint density at radius 1 is 0.545 bits per heavy atom. The van der Waals surface area contributed by atoms with Gasteiger partial charge >= 0.3 is 218 Å². The van der Waals surface area contributed by atoms with Crippen molar-refractivity contribution in [3.63, 3.8) is 0 Å². The van der Waals surface area contributed by atoms with Crippen molar-refractivity contribution in [3.05, 3.63) is 81.4 Å². The second kappa shape index (κ2) is 10.7. The fourth-order valence-corrected chi connectivity index (χ4v) is 19.5. The predicted octanol–water partition coefficient (Wildman–Crippen LogP) is 9.86. The Balaban J connectivity index is 1.79. The average molecular weight is 554 g/mol. The maximum atomic E-state index is 2.63. The van der Waals surface area contributed by atoms with E-state index in [0.29, 0.717) is 0 Å². The molecule has 2 aromatic rings. The molecule has 0 saturated heterocycles. The van der Waals surface area contributed by atoms with Crippen LogP contribution in [0.2, 0.25) is 0 Å². The van der Waals surface area contributed by atoms with Gasteiger partial charge in [-0.1, -0.05) is 0 Å². The van der Waals surface area contributed by atoms with E-state index < -0.39 is 23.2 Å².